The number of carbonyl (C=O) groups is 4. The number of ether oxygens (including phenoxy) is 2. The minimum absolute atomic E-state index is 0.0132. The Labute approximate surface area is 211 Å². The molecule has 36 heavy (non-hydrogen) atoms. The molecule has 0 spiro atoms. The molecule has 0 aromatic heterocycles. The minimum atomic E-state index is -0.228. The van der Waals surface area contributed by atoms with Crippen LogP contribution in [0.1, 0.15) is 38.5 Å². The molecular formula is C26H36N4O6. The van der Waals surface area contributed by atoms with Crippen LogP contribution in [0.2, 0.25) is 0 Å². The summed E-state index contributed by atoms with van der Waals surface area (Å²) in [7, 11) is 0. The normalized spacial score (nSPS) is 41.9. The van der Waals surface area contributed by atoms with Crippen molar-refractivity contribution in [2.45, 2.75) is 62.9 Å². The molecule has 0 saturated carbocycles. The van der Waals surface area contributed by atoms with Crippen molar-refractivity contribution in [1.29, 1.82) is 0 Å². The maximum Gasteiger partial charge on any atom is 0.235 e. The summed E-state index contributed by atoms with van der Waals surface area (Å²) in [6, 6.07) is 0. The van der Waals surface area contributed by atoms with Crippen molar-refractivity contribution >= 4 is 23.6 Å². The van der Waals surface area contributed by atoms with E-state index >= 15 is 0 Å². The van der Waals surface area contributed by atoms with Crippen LogP contribution >= 0.6 is 0 Å². The number of nitrogens with zero attached hydrogens (tertiary/aromatic N) is 4. The van der Waals surface area contributed by atoms with Crippen LogP contribution in [0.3, 0.4) is 0 Å². The minimum Gasteiger partial charge on any atom is -0.373 e. The summed E-state index contributed by atoms with van der Waals surface area (Å²) in [6.45, 7) is 6.61. The number of hydrogen-bond acceptors (Lipinski definition) is 8. The van der Waals surface area contributed by atoms with Gasteiger partial charge in [0.1, 0.15) is 0 Å². The molecule has 7 aliphatic heterocycles. The fourth-order valence-electron chi connectivity index (χ4n) is 8.13. The summed E-state index contributed by atoms with van der Waals surface area (Å²) in [5.74, 6) is -0.964. The lowest BCUT2D eigenvalue weighted by molar-refractivity contribution is -0.144. The number of fused-ring (bicyclic) bond motifs is 10. The average Bonchev–Trinajstić information content (AvgIpc) is 3.72. The summed E-state index contributed by atoms with van der Waals surface area (Å²) in [5.41, 5.74) is 0. The van der Waals surface area contributed by atoms with Crippen LogP contribution in [0, 0.1) is 23.7 Å². The number of likely N-dealkylation sites (tertiary alicyclic amines) is 2. The van der Waals surface area contributed by atoms with Crippen molar-refractivity contribution in [2.75, 3.05) is 52.4 Å². The summed E-state index contributed by atoms with van der Waals surface area (Å²) < 4.78 is 11.6. The highest BCUT2D eigenvalue weighted by molar-refractivity contribution is 6.07. The molecule has 7 aliphatic rings. The molecule has 0 aromatic carbocycles. The van der Waals surface area contributed by atoms with Crippen LogP contribution in [0.25, 0.3) is 0 Å². The highest BCUT2D eigenvalue weighted by Crippen LogP contribution is 2.49. The predicted octanol–water partition coefficient (Wildman–Crippen LogP) is -0.291. The Balaban J connectivity index is 0.817. The first kappa shape index (κ1) is 23.3. The Kier molecular flexibility index (Phi) is 5.72. The maximum atomic E-state index is 12.8. The first-order valence-corrected chi connectivity index (χ1v) is 14.0. The molecule has 7 rings (SSSR count). The van der Waals surface area contributed by atoms with Crippen LogP contribution in [0.4, 0.5) is 0 Å². The number of rotatable bonds is 8. The van der Waals surface area contributed by atoms with Crippen molar-refractivity contribution in [3.63, 3.8) is 0 Å². The summed E-state index contributed by atoms with van der Waals surface area (Å²) in [5, 5.41) is 0. The Bertz CT molecular complexity index is 834. The molecule has 8 atom stereocenters. The molecule has 4 bridgehead atoms. The van der Waals surface area contributed by atoms with Crippen LogP contribution in [0.15, 0.2) is 0 Å². The van der Waals surface area contributed by atoms with Gasteiger partial charge in [0, 0.05) is 39.3 Å². The van der Waals surface area contributed by atoms with Gasteiger partial charge < -0.3 is 19.3 Å². The molecule has 196 valence electrons. The van der Waals surface area contributed by atoms with Gasteiger partial charge in [0.15, 0.2) is 0 Å². The van der Waals surface area contributed by atoms with Crippen LogP contribution in [-0.4, -0.2) is 120 Å². The Hall–Kier alpha value is -1.88. The third kappa shape index (κ3) is 3.51. The number of amides is 4. The van der Waals surface area contributed by atoms with Gasteiger partial charge >= 0.3 is 0 Å². The lowest BCUT2D eigenvalue weighted by Gasteiger charge is -2.35. The van der Waals surface area contributed by atoms with Gasteiger partial charge in [0.05, 0.1) is 48.1 Å². The molecule has 0 unspecified atom stereocenters. The Morgan fingerprint density at radius 3 is 1.11 bits per heavy atom. The topological polar surface area (TPSA) is 99.7 Å². The van der Waals surface area contributed by atoms with E-state index in [-0.39, 0.29) is 71.7 Å². The van der Waals surface area contributed by atoms with Gasteiger partial charge in [-0.2, -0.15) is 0 Å². The molecule has 7 heterocycles. The van der Waals surface area contributed by atoms with Gasteiger partial charge in [-0.3, -0.25) is 29.0 Å². The number of imide groups is 2. The van der Waals surface area contributed by atoms with Crippen LogP contribution in [-0.2, 0) is 28.7 Å². The third-order valence-electron chi connectivity index (χ3n) is 9.93. The van der Waals surface area contributed by atoms with E-state index in [2.05, 4.69) is 9.80 Å². The average molecular weight is 501 g/mol. The first-order valence-electron chi connectivity index (χ1n) is 14.0. The molecule has 7 saturated heterocycles. The lowest BCUT2D eigenvalue weighted by atomic mass is 9.81. The summed E-state index contributed by atoms with van der Waals surface area (Å²) in [6.07, 6.45) is 5.07. The van der Waals surface area contributed by atoms with E-state index in [4.69, 9.17) is 9.47 Å². The van der Waals surface area contributed by atoms with E-state index in [1.807, 2.05) is 0 Å². The van der Waals surface area contributed by atoms with Crippen molar-refractivity contribution in [2.24, 2.45) is 23.7 Å². The van der Waals surface area contributed by atoms with Crippen molar-refractivity contribution in [3.05, 3.63) is 0 Å². The van der Waals surface area contributed by atoms with Gasteiger partial charge in [-0.25, -0.2) is 0 Å². The molecular weight excluding hydrogens is 464 g/mol. The smallest absolute Gasteiger partial charge is 0.235 e. The molecule has 10 nitrogen and oxygen atoms in total. The van der Waals surface area contributed by atoms with E-state index in [0.717, 1.165) is 77.8 Å². The van der Waals surface area contributed by atoms with Gasteiger partial charge in [-0.1, -0.05) is 0 Å². The van der Waals surface area contributed by atoms with Crippen molar-refractivity contribution in [1.82, 2.24) is 19.6 Å². The quantitative estimate of drug-likeness (QED) is 0.420. The van der Waals surface area contributed by atoms with E-state index in [9.17, 15) is 19.2 Å². The molecule has 4 amide bonds. The zero-order chi connectivity index (χ0) is 24.6. The Morgan fingerprint density at radius 1 is 0.500 bits per heavy atom. The largest absolute Gasteiger partial charge is 0.373 e. The van der Waals surface area contributed by atoms with Crippen molar-refractivity contribution in [3.8, 4) is 0 Å². The Morgan fingerprint density at radius 2 is 0.806 bits per heavy atom. The SMILES string of the molecule is O=C1[C@@H]2[C@H](C(=O)N1CCCN1CCN(CCCN3C(=O)[C@@H]4[C@H](C3=O)[C@H]3CC[C@H]4O3)CC1)[C@H]1CC[C@H]2O1. The van der Waals surface area contributed by atoms with Crippen molar-refractivity contribution < 1.29 is 28.7 Å². The van der Waals surface area contributed by atoms with Crippen LogP contribution in [0.5, 0.6) is 0 Å². The predicted molar refractivity (Wildman–Crippen MR) is 125 cm³/mol. The fraction of sp³-hybridized carbons (Fsp3) is 0.846. The lowest BCUT2D eigenvalue weighted by Crippen LogP contribution is -2.47. The fourth-order valence-corrected chi connectivity index (χ4v) is 8.13. The zero-order valence-electron chi connectivity index (χ0n) is 20.8. The summed E-state index contributed by atoms with van der Waals surface area (Å²) in [4.78, 5) is 59.0. The summed E-state index contributed by atoms with van der Waals surface area (Å²) >= 11 is 0. The third-order valence-corrected chi connectivity index (χ3v) is 9.93. The molecule has 10 heteroatoms. The molecule has 0 aromatic rings. The second kappa shape index (κ2) is 8.85. The molecule has 0 radical (unpaired) electrons. The molecule has 7 fully saturated rings. The number of hydrogen-bond donors (Lipinski definition) is 0. The second-order valence-electron chi connectivity index (χ2n) is 11.7. The van der Waals surface area contributed by atoms with E-state index in [0.29, 0.717) is 13.1 Å². The van der Waals surface area contributed by atoms with E-state index in [1.165, 1.54) is 9.80 Å². The molecule has 0 N–H and O–H groups in total. The van der Waals surface area contributed by atoms with E-state index < -0.39 is 0 Å². The highest BCUT2D eigenvalue weighted by Gasteiger charge is 2.63. The van der Waals surface area contributed by atoms with Gasteiger partial charge in [-0.15, -0.1) is 0 Å². The standard InChI is InChI=1S/C26H36N4O6/c31-23-19-15-3-4-16(35-15)20(19)24(32)29(23)9-1-7-27-11-13-28(14-12-27)8-2-10-30-25(33)21-17-5-6-18(36-17)22(21)26(30)34/h15-22H,1-14H2/t15-,16-,17-,18-,19-,20+,21-,22+/m1/s1. The zero-order valence-corrected chi connectivity index (χ0v) is 20.8. The van der Waals surface area contributed by atoms with Gasteiger partial charge in [0.25, 0.3) is 0 Å². The highest BCUT2D eigenvalue weighted by atomic mass is 16.5. The van der Waals surface area contributed by atoms with Crippen LogP contribution < -0.4 is 0 Å². The molecule has 0 aliphatic carbocycles. The second-order valence-corrected chi connectivity index (χ2v) is 11.7. The van der Waals surface area contributed by atoms with Gasteiger partial charge in [-0.05, 0) is 51.6 Å². The van der Waals surface area contributed by atoms with Gasteiger partial charge in [0.2, 0.25) is 23.6 Å². The number of carbonyl (C=O) groups excluding carboxylic acids is 4. The maximum absolute atomic E-state index is 12.8. The first-order chi connectivity index (χ1) is 17.5. The monoisotopic (exact) mass is 500 g/mol. The number of piperazine rings is 1. The van der Waals surface area contributed by atoms with E-state index in [1.54, 1.807) is 0 Å².